The first-order chi connectivity index (χ1) is 12.5. The molecule has 1 heterocycles. The van der Waals surface area contributed by atoms with Crippen molar-refractivity contribution in [3.05, 3.63) is 36.9 Å². The second-order valence-corrected chi connectivity index (χ2v) is 5.89. The third kappa shape index (κ3) is 5.59. The van der Waals surface area contributed by atoms with Crippen LogP contribution in [-0.4, -0.2) is 55.5 Å². The molecule has 4 amide bonds. The Morgan fingerprint density at radius 1 is 1.31 bits per heavy atom. The van der Waals surface area contributed by atoms with E-state index in [1.54, 1.807) is 36.3 Å². The monoisotopic (exact) mass is 360 g/mol. The molecule has 26 heavy (non-hydrogen) atoms. The Kier molecular flexibility index (Phi) is 7.16. The number of nitrogens with one attached hydrogen (secondary N) is 3. The molecule has 1 aromatic rings. The normalized spacial score (nSPS) is 16.6. The summed E-state index contributed by atoms with van der Waals surface area (Å²) in [4.78, 5) is 37.8. The standard InChI is InChI=1S/C18H24N4O4/c1-3-10-19-18(25)21-16(23)12-22-11-4-5-15(22)17(24)20-13-6-8-14(26-2)9-7-13/h3,6-9,15H,1,4-5,10-12H2,2H3,(H,20,24)(H2,19,21,23,25)/t15-/m0/s1. The van der Waals surface area contributed by atoms with Crippen molar-refractivity contribution in [3.8, 4) is 5.75 Å². The van der Waals surface area contributed by atoms with Crippen LogP contribution in [0, 0.1) is 0 Å². The van der Waals surface area contributed by atoms with E-state index in [-0.39, 0.29) is 19.0 Å². The van der Waals surface area contributed by atoms with E-state index in [2.05, 4.69) is 22.5 Å². The number of hydrogen-bond acceptors (Lipinski definition) is 5. The molecule has 1 aliphatic heterocycles. The zero-order valence-electron chi connectivity index (χ0n) is 14.8. The highest BCUT2D eigenvalue weighted by molar-refractivity contribution is 5.97. The molecule has 1 aliphatic rings. The number of rotatable bonds is 7. The van der Waals surface area contributed by atoms with Crippen LogP contribution < -0.4 is 20.7 Å². The molecule has 3 N–H and O–H groups in total. The molecule has 140 valence electrons. The lowest BCUT2D eigenvalue weighted by molar-refractivity contribution is -0.124. The van der Waals surface area contributed by atoms with E-state index in [0.717, 1.165) is 6.42 Å². The number of carbonyl (C=O) groups is 3. The average molecular weight is 360 g/mol. The number of methoxy groups -OCH3 is 1. The summed E-state index contributed by atoms with van der Waals surface area (Å²) in [5.41, 5.74) is 0.663. The molecule has 8 heteroatoms. The Balaban J connectivity index is 1.87. The van der Waals surface area contributed by atoms with Crippen molar-refractivity contribution in [2.45, 2.75) is 18.9 Å². The summed E-state index contributed by atoms with van der Waals surface area (Å²) in [6, 6.07) is 6.06. The number of anilines is 1. The summed E-state index contributed by atoms with van der Waals surface area (Å²) in [7, 11) is 1.58. The molecule has 0 saturated carbocycles. The fraction of sp³-hybridized carbons (Fsp3) is 0.389. The molecule has 1 aromatic carbocycles. The number of ether oxygens (including phenoxy) is 1. The Bertz CT molecular complexity index is 660. The van der Waals surface area contributed by atoms with E-state index < -0.39 is 18.0 Å². The molecule has 0 radical (unpaired) electrons. The zero-order chi connectivity index (χ0) is 18.9. The van der Waals surface area contributed by atoms with Crippen LogP contribution in [0.1, 0.15) is 12.8 Å². The van der Waals surface area contributed by atoms with Gasteiger partial charge in [0.1, 0.15) is 5.75 Å². The highest BCUT2D eigenvalue weighted by atomic mass is 16.5. The van der Waals surface area contributed by atoms with Crippen molar-refractivity contribution in [2.24, 2.45) is 0 Å². The van der Waals surface area contributed by atoms with E-state index in [1.165, 1.54) is 6.08 Å². The summed E-state index contributed by atoms with van der Waals surface area (Å²) in [5, 5.41) is 7.56. The van der Waals surface area contributed by atoms with Crippen LogP contribution in [0.25, 0.3) is 0 Å². The summed E-state index contributed by atoms with van der Waals surface area (Å²) < 4.78 is 5.09. The third-order valence-corrected chi connectivity index (χ3v) is 4.03. The molecular formula is C18H24N4O4. The van der Waals surface area contributed by atoms with Crippen LogP contribution in [0.15, 0.2) is 36.9 Å². The first kappa shape index (κ1) is 19.5. The fourth-order valence-electron chi connectivity index (χ4n) is 2.77. The summed E-state index contributed by atoms with van der Waals surface area (Å²) in [6.07, 6.45) is 3.00. The molecule has 1 fully saturated rings. The molecule has 2 rings (SSSR count). The number of urea groups is 1. The largest absolute Gasteiger partial charge is 0.497 e. The van der Waals surface area contributed by atoms with Gasteiger partial charge in [-0.2, -0.15) is 0 Å². The van der Waals surface area contributed by atoms with Crippen molar-refractivity contribution >= 4 is 23.5 Å². The zero-order valence-corrected chi connectivity index (χ0v) is 14.8. The topological polar surface area (TPSA) is 99.8 Å². The smallest absolute Gasteiger partial charge is 0.321 e. The maximum Gasteiger partial charge on any atom is 0.321 e. The van der Waals surface area contributed by atoms with Crippen LogP contribution in [-0.2, 0) is 9.59 Å². The van der Waals surface area contributed by atoms with Gasteiger partial charge < -0.3 is 15.4 Å². The van der Waals surface area contributed by atoms with Crippen LogP contribution in [0.5, 0.6) is 5.75 Å². The predicted octanol–water partition coefficient (Wildman–Crippen LogP) is 1.11. The second-order valence-electron chi connectivity index (χ2n) is 5.89. The average Bonchev–Trinajstić information content (AvgIpc) is 3.08. The van der Waals surface area contributed by atoms with Gasteiger partial charge in [-0.3, -0.25) is 19.8 Å². The number of benzene rings is 1. The van der Waals surface area contributed by atoms with Crippen molar-refractivity contribution in [3.63, 3.8) is 0 Å². The number of carbonyl (C=O) groups excluding carboxylic acids is 3. The maximum atomic E-state index is 12.5. The van der Waals surface area contributed by atoms with Gasteiger partial charge in [0.15, 0.2) is 0 Å². The highest BCUT2D eigenvalue weighted by Gasteiger charge is 2.32. The minimum absolute atomic E-state index is 0.0117. The fourth-order valence-corrected chi connectivity index (χ4v) is 2.77. The molecule has 0 aromatic heterocycles. The van der Waals surface area contributed by atoms with Gasteiger partial charge in [-0.25, -0.2) is 4.79 Å². The first-order valence-corrected chi connectivity index (χ1v) is 8.41. The molecule has 0 spiro atoms. The van der Waals surface area contributed by atoms with Gasteiger partial charge in [0.05, 0.1) is 19.7 Å². The molecule has 0 bridgehead atoms. The van der Waals surface area contributed by atoms with E-state index in [1.807, 2.05) is 0 Å². The van der Waals surface area contributed by atoms with Gasteiger partial charge in [0.25, 0.3) is 0 Å². The lowest BCUT2D eigenvalue weighted by Gasteiger charge is -2.23. The van der Waals surface area contributed by atoms with E-state index in [0.29, 0.717) is 24.4 Å². The van der Waals surface area contributed by atoms with Crippen molar-refractivity contribution < 1.29 is 19.1 Å². The van der Waals surface area contributed by atoms with Gasteiger partial charge >= 0.3 is 6.03 Å². The van der Waals surface area contributed by atoms with Crippen molar-refractivity contribution in [1.29, 1.82) is 0 Å². The number of amides is 4. The number of hydrogen-bond donors (Lipinski definition) is 3. The van der Waals surface area contributed by atoms with Gasteiger partial charge in [-0.15, -0.1) is 6.58 Å². The minimum atomic E-state index is -0.576. The molecule has 8 nitrogen and oxygen atoms in total. The summed E-state index contributed by atoms with van der Waals surface area (Å²) in [6.45, 7) is 4.37. The van der Waals surface area contributed by atoms with Crippen molar-refractivity contribution in [1.82, 2.24) is 15.5 Å². The maximum absolute atomic E-state index is 12.5. The molecule has 0 unspecified atom stereocenters. The van der Waals surface area contributed by atoms with Crippen LogP contribution in [0.3, 0.4) is 0 Å². The minimum Gasteiger partial charge on any atom is -0.497 e. The van der Waals surface area contributed by atoms with Gasteiger partial charge in [0.2, 0.25) is 11.8 Å². The van der Waals surface area contributed by atoms with E-state index in [9.17, 15) is 14.4 Å². The summed E-state index contributed by atoms with van der Waals surface area (Å²) in [5.74, 6) is 0.0872. The first-order valence-electron chi connectivity index (χ1n) is 8.41. The Labute approximate surface area is 152 Å². The Morgan fingerprint density at radius 2 is 2.04 bits per heavy atom. The van der Waals surface area contributed by atoms with Crippen LogP contribution >= 0.6 is 0 Å². The second kappa shape index (κ2) is 9.57. The lowest BCUT2D eigenvalue weighted by Crippen LogP contribution is -2.48. The third-order valence-electron chi connectivity index (χ3n) is 4.03. The molecular weight excluding hydrogens is 336 g/mol. The van der Waals surface area contributed by atoms with Gasteiger partial charge in [-0.1, -0.05) is 6.08 Å². The lowest BCUT2D eigenvalue weighted by atomic mass is 10.2. The van der Waals surface area contributed by atoms with Gasteiger partial charge in [0, 0.05) is 12.2 Å². The van der Waals surface area contributed by atoms with Gasteiger partial charge in [-0.05, 0) is 43.7 Å². The molecule has 1 saturated heterocycles. The molecule has 0 aliphatic carbocycles. The van der Waals surface area contributed by atoms with E-state index in [4.69, 9.17) is 4.74 Å². The number of imide groups is 1. The van der Waals surface area contributed by atoms with Crippen molar-refractivity contribution in [2.75, 3.05) is 32.1 Å². The van der Waals surface area contributed by atoms with Crippen LogP contribution in [0.2, 0.25) is 0 Å². The SMILES string of the molecule is C=CCNC(=O)NC(=O)CN1CCC[C@H]1C(=O)Nc1ccc(OC)cc1. The summed E-state index contributed by atoms with van der Waals surface area (Å²) >= 11 is 0. The van der Waals surface area contributed by atoms with E-state index >= 15 is 0 Å². The predicted molar refractivity (Wildman–Crippen MR) is 98.0 cm³/mol. The number of nitrogens with zero attached hydrogens (tertiary/aromatic N) is 1. The quantitative estimate of drug-likeness (QED) is 0.633. The molecule has 1 atom stereocenters. The highest BCUT2D eigenvalue weighted by Crippen LogP contribution is 2.20. The Morgan fingerprint density at radius 3 is 2.69 bits per heavy atom. The Hall–Kier alpha value is -2.87. The number of likely N-dealkylation sites (tertiary alicyclic amines) is 1. The van der Waals surface area contributed by atoms with Crippen LogP contribution in [0.4, 0.5) is 10.5 Å².